The first kappa shape index (κ1) is 27.6. The quantitative estimate of drug-likeness (QED) is 0.200. The number of ketones is 1. The number of nitrogens with zero attached hydrogens (tertiary/aromatic N) is 2. The number of Topliss-reactive ketones (excluding diaryl/α,β-unsaturated/α-hetero) is 1. The highest BCUT2D eigenvalue weighted by atomic mass is 32.1. The minimum absolute atomic E-state index is 0.0389. The molecule has 0 aliphatic heterocycles. The average molecular weight is 519 g/mol. The van der Waals surface area contributed by atoms with Crippen LogP contribution in [0, 0.1) is 39.0 Å². The fourth-order valence-corrected chi connectivity index (χ4v) is 5.41. The lowest BCUT2D eigenvalue weighted by Gasteiger charge is -2.10. The molecule has 0 amide bonds. The van der Waals surface area contributed by atoms with E-state index in [0.717, 1.165) is 39.5 Å². The van der Waals surface area contributed by atoms with E-state index in [1.165, 1.54) is 0 Å². The monoisotopic (exact) mass is 518 g/mol. The smallest absolute Gasteiger partial charge is 0.348 e. The summed E-state index contributed by atoms with van der Waals surface area (Å²) in [5, 5.41) is 9.83. The van der Waals surface area contributed by atoms with Crippen LogP contribution < -0.4 is 0 Å². The number of aryl methyl sites for hydroxylation is 2. The molecular formula is C29H30N2O5S. The molecule has 0 aliphatic carbocycles. The highest BCUT2D eigenvalue weighted by Crippen LogP contribution is 2.31. The SMILES string of the molecule is CCOC(=O)c1sc(CC(=O)C(C#N)=Cc2cc(C)n(-c3cccc(C)c3)c2C)c(C(=O)OCC)c1C. The molecule has 2 heterocycles. The maximum Gasteiger partial charge on any atom is 0.348 e. The van der Waals surface area contributed by atoms with Gasteiger partial charge in [0, 0.05) is 28.4 Å². The van der Waals surface area contributed by atoms with Crippen molar-refractivity contribution in [3.8, 4) is 11.8 Å². The van der Waals surface area contributed by atoms with Crippen LogP contribution in [0.2, 0.25) is 0 Å². The van der Waals surface area contributed by atoms with E-state index in [1.807, 2.05) is 51.1 Å². The van der Waals surface area contributed by atoms with Crippen molar-refractivity contribution in [2.75, 3.05) is 13.2 Å². The number of esters is 2. The van der Waals surface area contributed by atoms with E-state index in [2.05, 4.69) is 10.6 Å². The molecule has 0 fully saturated rings. The predicted molar refractivity (Wildman–Crippen MR) is 143 cm³/mol. The molecule has 192 valence electrons. The van der Waals surface area contributed by atoms with Gasteiger partial charge in [0.1, 0.15) is 10.9 Å². The van der Waals surface area contributed by atoms with E-state index >= 15 is 0 Å². The summed E-state index contributed by atoms with van der Waals surface area (Å²) in [7, 11) is 0. The number of allylic oxidation sites excluding steroid dienone is 1. The lowest BCUT2D eigenvalue weighted by molar-refractivity contribution is -0.114. The number of hydrogen-bond donors (Lipinski definition) is 0. The number of benzene rings is 1. The lowest BCUT2D eigenvalue weighted by Crippen LogP contribution is -2.12. The zero-order valence-electron chi connectivity index (χ0n) is 21.9. The van der Waals surface area contributed by atoms with Gasteiger partial charge in [-0.15, -0.1) is 11.3 Å². The average Bonchev–Trinajstić information content (AvgIpc) is 3.32. The van der Waals surface area contributed by atoms with Gasteiger partial charge in [0.05, 0.1) is 24.4 Å². The largest absolute Gasteiger partial charge is 0.462 e. The van der Waals surface area contributed by atoms with Crippen LogP contribution in [0.25, 0.3) is 11.8 Å². The van der Waals surface area contributed by atoms with Crippen molar-refractivity contribution in [2.24, 2.45) is 0 Å². The molecular weight excluding hydrogens is 488 g/mol. The third kappa shape index (κ3) is 5.89. The number of carbonyl (C=O) groups is 3. The van der Waals surface area contributed by atoms with Gasteiger partial charge < -0.3 is 14.0 Å². The van der Waals surface area contributed by atoms with E-state index in [1.54, 1.807) is 26.8 Å². The zero-order valence-corrected chi connectivity index (χ0v) is 22.7. The first-order chi connectivity index (χ1) is 17.6. The molecule has 0 saturated carbocycles. The molecule has 0 unspecified atom stereocenters. The maximum absolute atomic E-state index is 13.3. The summed E-state index contributed by atoms with van der Waals surface area (Å²) in [5.74, 6) is -1.63. The van der Waals surface area contributed by atoms with Crippen LogP contribution in [-0.2, 0) is 20.7 Å². The van der Waals surface area contributed by atoms with E-state index < -0.39 is 17.7 Å². The second kappa shape index (κ2) is 11.8. The summed E-state index contributed by atoms with van der Waals surface area (Å²) in [5.41, 5.74) is 5.29. The molecule has 0 aliphatic rings. The van der Waals surface area contributed by atoms with Gasteiger partial charge in [-0.25, -0.2) is 9.59 Å². The molecule has 3 rings (SSSR count). The highest BCUT2D eigenvalue weighted by molar-refractivity contribution is 7.14. The summed E-state index contributed by atoms with van der Waals surface area (Å²) < 4.78 is 12.4. The van der Waals surface area contributed by atoms with Crippen molar-refractivity contribution >= 4 is 35.1 Å². The Morgan fingerprint density at radius 2 is 1.70 bits per heavy atom. The summed E-state index contributed by atoms with van der Waals surface area (Å²) >= 11 is 1.02. The van der Waals surface area contributed by atoms with Gasteiger partial charge in [-0.1, -0.05) is 12.1 Å². The molecule has 3 aromatic rings. The van der Waals surface area contributed by atoms with Crippen molar-refractivity contribution < 1.29 is 23.9 Å². The zero-order chi connectivity index (χ0) is 27.3. The third-order valence-corrected chi connectivity index (χ3v) is 7.20. The summed E-state index contributed by atoms with van der Waals surface area (Å²) in [6, 6.07) is 12.0. The van der Waals surface area contributed by atoms with Gasteiger partial charge >= 0.3 is 11.9 Å². The highest BCUT2D eigenvalue weighted by Gasteiger charge is 2.28. The fraction of sp³-hybridized carbons (Fsp3) is 0.310. The van der Waals surface area contributed by atoms with Crippen molar-refractivity contribution in [3.63, 3.8) is 0 Å². The van der Waals surface area contributed by atoms with Gasteiger partial charge in [-0.2, -0.15) is 5.26 Å². The van der Waals surface area contributed by atoms with Crippen LogP contribution in [0.4, 0.5) is 0 Å². The Balaban J connectivity index is 1.99. The van der Waals surface area contributed by atoms with Gasteiger partial charge in [-0.05, 0) is 82.5 Å². The minimum atomic E-state index is -0.612. The Morgan fingerprint density at radius 1 is 1.03 bits per heavy atom. The van der Waals surface area contributed by atoms with Crippen LogP contribution in [-0.4, -0.2) is 35.5 Å². The number of hydrogen-bond acceptors (Lipinski definition) is 7. The standard InChI is InChI=1S/C29H30N2O5S/c1-7-35-28(33)26-19(5)27(29(34)36-8-2)37-25(26)15-24(32)22(16-30)14-21-13-18(4)31(20(21)6)23-11-9-10-17(3)12-23/h9-14H,7-8,15H2,1-6H3. The van der Waals surface area contributed by atoms with Gasteiger partial charge in [0.15, 0.2) is 5.78 Å². The van der Waals surface area contributed by atoms with Crippen molar-refractivity contribution in [1.29, 1.82) is 5.26 Å². The molecule has 0 saturated heterocycles. The number of ether oxygens (including phenoxy) is 2. The van der Waals surface area contributed by atoms with Gasteiger partial charge in [-0.3, -0.25) is 4.79 Å². The number of aromatic nitrogens is 1. The molecule has 2 aromatic heterocycles. The van der Waals surface area contributed by atoms with Gasteiger partial charge in [0.25, 0.3) is 0 Å². The Labute approximate surface area is 220 Å². The number of thiophene rings is 1. The van der Waals surface area contributed by atoms with Crippen LogP contribution in [0.1, 0.15) is 66.8 Å². The van der Waals surface area contributed by atoms with E-state index in [-0.39, 0.29) is 35.6 Å². The molecule has 0 N–H and O–H groups in total. The summed E-state index contributed by atoms with van der Waals surface area (Å²) in [6.07, 6.45) is 1.36. The van der Waals surface area contributed by atoms with Crippen LogP contribution >= 0.6 is 11.3 Å². The molecule has 0 atom stereocenters. The van der Waals surface area contributed by atoms with E-state index in [4.69, 9.17) is 9.47 Å². The number of carbonyl (C=O) groups excluding carboxylic acids is 3. The second-order valence-electron chi connectivity index (χ2n) is 8.57. The minimum Gasteiger partial charge on any atom is -0.462 e. The van der Waals surface area contributed by atoms with E-state index in [0.29, 0.717) is 10.4 Å². The maximum atomic E-state index is 13.3. The molecule has 1 aromatic carbocycles. The van der Waals surface area contributed by atoms with Crippen molar-refractivity contribution in [3.05, 3.63) is 79.3 Å². The second-order valence-corrected chi connectivity index (χ2v) is 9.67. The number of nitriles is 1. The Hall–Kier alpha value is -3.96. The summed E-state index contributed by atoms with van der Waals surface area (Å²) in [6.45, 7) is 11.3. The van der Waals surface area contributed by atoms with Crippen LogP contribution in [0.3, 0.4) is 0 Å². The van der Waals surface area contributed by atoms with Crippen LogP contribution in [0.5, 0.6) is 0 Å². The topological polar surface area (TPSA) is 98.4 Å². The molecule has 0 bridgehead atoms. The lowest BCUT2D eigenvalue weighted by atomic mass is 10.0. The fourth-order valence-electron chi connectivity index (χ4n) is 4.23. The Morgan fingerprint density at radius 3 is 2.32 bits per heavy atom. The molecule has 37 heavy (non-hydrogen) atoms. The first-order valence-electron chi connectivity index (χ1n) is 12.0. The first-order valence-corrected chi connectivity index (χ1v) is 12.8. The normalized spacial score (nSPS) is 11.2. The Bertz CT molecular complexity index is 1440. The van der Waals surface area contributed by atoms with Crippen LogP contribution in [0.15, 0.2) is 35.9 Å². The van der Waals surface area contributed by atoms with Crippen molar-refractivity contribution in [2.45, 2.75) is 48.0 Å². The number of rotatable bonds is 9. The molecule has 0 spiro atoms. The van der Waals surface area contributed by atoms with E-state index in [9.17, 15) is 19.6 Å². The Kier molecular flexibility index (Phi) is 8.85. The molecule has 7 nitrogen and oxygen atoms in total. The van der Waals surface area contributed by atoms with Crippen molar-refractivity contribution in [1.82, 2.24) is 4.57 Å². The van der Waals surface area contributed by atoms with Gasteiger partial charge in [0.2, 0.25) is 0 Å². The predicted octanol–water partition coefficient (Wildman–Crippen LogP) is 5.84. The molecule has 0 radical (unpaired) electrons. The molecule has 8 heteroatoms. The third-order valence-electron chi connectivity index (χ3n) is 5.93. The summed E-state index contributed by atoms with van der Waals surface area (Å²) in [4.78, 5) is 39.0.